The van der Waals surface area contributed by atoms with Gasteiger partial charge in [0.25, 0.3) is 6.71 Å². The number of alkyl halides is 3. The summed E-state index contributed by atoms with van der Waals surface area (Å²) in [7, 11) is 0. The summed E-state index contributed by atoms with van der Waals surface area (Å²) in [6.45, 7) is -0.175. The molecule has 14 aromatic carbocycles. The highest BCUT2D eigenvalue weighted by molar-refractivity contribution is 7.00. The van der Waals surface area contributed by atoms with Gasteiger partial charge in [0.15, 0.2) is 5.82 Å². The molecule has 0 saturated carbocycles. The number of anilines is 6. The van der Waals surface area contributed by atoms with Gasteiger partial charge in [-0.25, -0.2) is 9.97 Å². The fourth-order valence-corrected chi connectivity index (χ4v) is 14.9. The summed E-state index contributed by atoms with van der Waals surface area (Å²) in [5.74, 6) is 0.190. The van der Waals surface area contributed by atoms with E-state index in [1.54, 1.807) is 16.7 Å². The van der Waals surface area contributed by atoms with E-state index < -0.39 is 11.7 Å². The second kappa shape index (κ2) is 23.7. The molecule has 2 aliphatic heterocycles. The first kappa shape index (κ1) is 58.0. The fourth-order valence-electron chi connectivity index (χ4n) is 14.9. The summed E-state index contributed by atoms with van der Waals surface area (Å²) in [4.78, 5) is 14.8. The minimum atomic E-state index is -4.77. The van der Waals surface area contributed by atoms with Crippen LogP contribution in [0.4, 0.5) is 47.3 Å². The SMILES string of the molecule is FC(F)(F)c1cc(-c2nc(-c3ccccc3)cc(-c3ccccc3)n2)ccc1-n1c2ccccc2c2cc(-c3cc4c5c(c3)N(c3cc(-c6ccccc6)cc(-c6ccccc6)c3)c3ccccc3B5c3ccccc3N4c3cc(-c4ccccc4)cc(-c4ccccc4)c3)ccc21. The van der Waals surface area contributed by atoms with E-state index in [1.165, 1.54) is 17.0 Å². The van der Waals surface area contributed by atoms with E-state index >= 15 is 13.2 Å². The number of rotatable bonds is 11. The highest BCUT2D eigenvalue weighted by atomic mass is 19.4. The van der Waals surface area contributed by atoms with Crippen LogP contribution < -0.4 is 26.2 Å². The molecule has 0 N–H and O–H groups in total. The molecule has 0 unspecified atom stereocenters. The Morgan fingerprint density at radius 1 is 0.265 bits per heavy atom. The van der Waals surface area contributed by atoms with E-state index in [4.69, 9.17) is 9.97 Å². The number of hydrogen-bond donors (Lipinski definition) is 0. The Balaban J connectivity index is 0.874. The van der Waals surface area contributed by atoms with E-state index in [0.29, 0.717) is 22.4 Å². The van der Waals surface area contributed by atoms with Gasteiger partial charge in [0.1, 0.15) is 0 Å². The molecule has 462 valence electrons. The Bertz CT molecular complexity index is 5370. The lowest BCUT2D eigenvalue weighted by Gasteiger charge is -2.44. The third kappa shape index (κ3) is 10.1. The Morgan fingerprint density at radius 2 is 0.653 bits per heavy atom. The van der Waals surface area contributed by atoms with Gasteiger partial charge in [0.2, 0.25) is 0 Å². The van der Waals surface area contributed by atoms with Crippen LogP contribution in [0.5, 0.6) is 0 Å². The van der Waals surface area contributed by atoms with Crippen molar-refractivity contribution < 1.29 is 13.2 Å². The molecule has 0 spiro atoms. The molecule has 0 bridgehead atoms. The summed E-state index contributed by atoms with van der Waals surface area (Å²) in [6, 6.07) is 118. The minimum Gasteiger partial charge on any atom is -0.311 e. The highest BCUT2D eigenvalue weighted by Crippen LogP contribution is 2.50. The van der Waals surface area contributed by atoms with E-state index in [2.05, 4.69) is 240 Å². The van der Waals surface area contributed by atoms with E-state index in [0.717, 1.165) is 117 Å². The molecule has 0 radical (unpaired) electrons. The summed E-state index contributed by atoms with van der Waals surface area (Å²) >= 11 is 0. The standard InChI is InChI=1S/C89H57BF3N5/c91-89(92,93)75-54-65(88-94-78(62-33-15-5-16-34-62)57-79(95-88)63-35-17-6-18-36-63)44-46-82(75)98-80-40-22-19-37-73(80)74-53-64(43-45-81(74)98)70-55-85-87-86(56-70)97(72-51-68(60-29-11-3-12-30-60)48-69(52-72)61-31-13-4-14-32-61)84-42-24-21-39-77(84)90(87)76-38-20-23-41-83(76)96(85)71-49-66(58-25-7-1-8-26-58)47-67(50-71)59-27-9-2-10-28-59/h1-57H. The summed E-state index contributed by atoms with van der Waals surface area (Å²) in [5.41, 5.74) is 23.8. The van der Waals surface area contributed by atoms with Crippen molar-refractivity contribution in [2.75, 3.05) is 9.80 Å². The van der Waals surface area contributed by atoms with Crippen LogP contribution in [0.15, 0.2) is 346 Å². The maximum Gasteiger partial charge on any atom is 0.418 e. The third-order valence-corrected chi connectivity index (χ3v) is 19.3. The zero-order chi connectivity index (χ0) is 65.4. The smallest absolute Gasteiger partial charge is 0.311 e. The number of aromatic nitrogens is 3. The molecule has 5 nitrogen and oxygen atoms in total. The first-order valence-corrected chi connectivity index (χ1v) is 33.0. The van der Waals surface area contributed by atoms with Crippen LogP contribution >= 0.6 is 0 Å². The molecule has 0 atom stereocenters. The average molecular weight is 1260 g/mol. The second-order valence-electron chi connectivity index (χ2n) is 25.2. The highest BCUT2D eigenvalue weighted by Gasteiger charge is 2.44. The Hall–Kier alpha value is -12.6. The van der Waals surface area contributed by atoms with Crippen LogP contribution in [0.2, 0.25) is 0 Å². The molecule has 16 aromatic rings. The quantitative estimate of drug-likeness (QED) is 0.121. The molecule has 4 heterocycles. The molecule has 0 fully saturated rings. The van der Waals surface area contributed by atoms with Crippen LogP contribution in [-0.4, -0.2) is 21.2 Å². The van der Waals surface area contributed by atoms with Crippen molar-refractivity contribution >= 4 is 79.0 Å². The molecule has 18 rings (SSSR count). The third-order valence-electron chi connectivity index (χ3n) is 19.3. The Morgan fingerprint density at radius 3 is 1.11 bits per heavy atom. The van der Waals surface area contributed by atoms with Crippen molar-refractivity contribution in [3.05, 3.63) is 351 Å². The molecule has 0 aliphatic carbocycles. The largest absolute Gasteiger partial charge is 0.418 e. The van der Waals surface area contributed by atoms with Gasteiger partial charge in [-0.15, -0.1) is 0 Å². The number of benzene rings is 14. The van der Waals surface area contributed by atoms with Crippen LogP contribution in [0.25, 0.3) is 117 Å². The fraction of sp³-hybridized carbons (Fsp3) is 0.0112. The zero-order valence-electron chi connectivity index (χ0n) is 52.9. The van der Waals surface area contributed by atoms with Gasteiger partial charge in [-0.1, -0.05) is 243 Å². The monoisotopic (exact) mass is 1260 g/mol. The van der Waals surface area contributed by atoms with Crippen LogP contribution in [0, 0.1) is 0 Å². The predicted molar refractivity (Wildman–Crippen MR) is 399 cm³/mol. The van der Waals surface area contributed by atoms with E-state index in [-0.39, 0.29) is 23.8 Å². The van der Waals surface area contributed by atoms with Crippen molar-refractivity contribution in [1.82, 2.24) is 14.5 Å². The van der Waals surface area contributed by atoms with Crippen LogP contribution in [0.3, 0.4) is 0 Å². The van der Waals surface area contributed by atoms with E-state index in [9.17, 15) is 0 Å². The number of para-hydroxylation sites is 3. The van der Waals surface area contributed by atoms with Gasteiger partial charge in [0.05, 0.1) is 33.7 Å². The lowest BCUT2D eigenvalue weighted by Crippen LogP contribution is -2.61. The lowest BCUT2D eigenvalue weighted by molar-refractivity contribution is -0.137. The summed E-state index contributed by atoms with van der Waals surface area (Å²) in [5, 5.41) is 1.62. The molecule has 98 heavy (non-hydrogen) atoms. The number of hydrogen-bond acceptors (Lipinski definition) is 4. The van der Waals surface area contributed by atoms with Crippen molar-refractivity contribution in [2.45, 2.75) is 6.18 Å². The summed E-state index contributed by atoms with van der Waals surface area (Å²) < 4.78 is 50.4. The maximum absolute atomic E-state index is 16.2. The molecule has 0 saturated heterocycles. The normalized spacial score (nSPS) is 12.4. The second-order valence-corrected chi connectivity index (χ2v) is 25.2. The van der Waals surface area contributed by atoms with Crippen LogP contribution in [-0.2, 0) is 6.18 Å². The van der Waals surface area contributed by atoms with Crippen molar-refractivity contribution in [2.24, 2.45) is 0 Å². The molecular weight excluding hydrogens is 1210 g/mol. The number of fused-ring (bicyclic) bond motifs is 7. The molecular formula is C89H57BF3N5. The Kier molecular flexibility index (Phi) is 14.0. The predicted octanol–water partition coefficient (Wildman–Crippen LogP) is 22.0. The topological polar surface area (TPSA) is 37.2 Å². The molecule has 0 amide bonds. The first-order valence-electron chi connectivity index (χ1n) is 33.0. The van der Waals surface area contributed by atoms with Gasteiger partial charge in [-0.3, -0.25) is 0 Å². The van der Waals surface area contributed by atoms with Gasteiger partial charge >= 0.3 is 6.18 Å². The van der Waals surface area contributed by atoms with Crippen molar-refractivity contribution in [3.63, 3.8) is 0 Å². The Labute approximate surface area is 566 Å². The maximum atomic E-state index is 16.2. The van der Waals surface area contributed by atoms with Gasteiger partial charge in [0, 0.05) is 61.6 Å². The minimum absolute atomic E-state index is 0.00392. The zero-order valence-corrected chi connectivity index (χ0v) is 52.9. The average Bonchev–Trinajstić information content (AvgIpc) is 1.38. The lowest BCUT2D eigenvalue weighted by atomic mass is 9.33. The van der Waals surface area contributed by atoms with Gasteiger partial charge < -0.3 is 14.4 Å². The summed E-state index contributed by atoms with van der Waals surface area (Å²) in [6.07, 6.45) is -4.77. The molecule has 2 aliphatic rings. The first-order chi connectivity index (χ1) is 48.2. The molecule has 2 aromatic heterocycles. The number of nitrogens with zero attached hydrogens (tertiary/aromatic N) is 5. The van der Waals surface area contributed by atoms with Gasteiger partial charge in [-0.05, 0) is 175 Å². The molecule has 9 heteroatoms. The van der Waals surface area contributed by atoms with Gasteiger partial charge in [-0.2, -0.15) is 13.2 Å². The van der Waals surface area contributed by atoms with Crippen molar-refractivity contribution in [3.8, 4) is 95.2 Å². The number of halogens is 3. The van der Waals surface area contributed by atoms with E-state index in [1.807, 2.05) is 97.1 Å². The van der Waals surface area contributed by atoms with Crippen LogP contribution in [0.1, 0.15) is 5.56 Å². The van der Waals surface area contributed by atoms with Crippen molar-refractivity contribution in [1.29, 1.82) is 0 Å².